The third-order valence-corrected chi connectivity index (χ3v) is 1.39. The average molecular weight is 159 g/mol. The lowest BCUT2D eigenvalue weighted by Gasteiger charge is -1.97. The van der Waals surface area contributed by atoms with E-state index in [2.05, 4.69) is 5.11 Å². The molecule has 58 valence electrons. The van der Waals surface area contributed by atoms with Crippen molar-refractivity contribution in [3.05, 3.63) is 35.4 Å². The van der Waals surface area contributed by atoms with E-state index in [9.17, 15) is 4.79 Å². The Balaban J connectivity index is 3.21. The van der Waals surface area contributed by atoms with Crippen molar-refractivity contribution in [2.45, 2.75) is 0 Å². The maximum absolute atomic E-state index is 10.3. The van der Waals surface area contributed by atoms with Gasteiger partial charge in [-0.2, -0.15) is 0 Å². The molecule has 2 radical (unpaired) electrons. The lowest BCUT2D eigenvalue weighted by atomic mass is 10.1. The number of carbonyl (C=O) groups excluding carboxylic acids is 1. The summed E-state index contributed by atoms with van der Waals surface area (Å²) in [6.45, 7) is 0. The summed E-state index contributed by atoms with van der Waals surface area (Å²) in [5, 5.41) is 9.80. The summed E-state index contributed by atoms with van der Waals surface area (Å²) >= 11 is 0. The zero-order chi connectivity index (χ0) is 8.97. The zero-order valence-corrected chi connectivity index (χ0v) is 6.11. The molecule has 0 spiro atoms. The van der Waals surface area contributed by atoms with E-state index in [4.69, 9.17) is 10.9 Å². The van der Waals surface area contributed by atoms with E-state index in [1.54, 1.807) is 18.4 Å². The first-order valence-electron chi connectivity index (χ1n) is 3.21. The monoisotopic (exact) mass is 159 g/mol. The summed E-state index contributed by atoms with van der Waals surface area (Å²) < 4.78 is 0. The van der Waals surface area contributed by atoms with Crippen LogP contribution in [0.15, 0.2) is 29.4 Å². The molecule has 0 aliphatic rings. The van der Waals surface area contributed by atoms with Crippen molar-refractivity contribution in [3.63, 3.8) is 0 Å². The molecular formula is C8H5N3O. The summed E-state index contributed by atoms with van der Waals surface area (Å²) in [7, 11) is 0. The van der Waals surface area contributed by atoms with Gasteiger partial charge in [0.05, 0.1) is 0 Å². The molecular weight excluding hydrogens is 154 g/mol. The summed E-state index contributed by atoms with van der Waals surface area (Å²) in [6, 6.07) is 6.31. The maximum Gasteiger partial charge on any atom is 0.234 e. The van der Waals surface area contributed by atoms with E-state index in [0.29, 0.717) is 0 Å². The first-order chi connectivity index (χ1) is 5.79. The van der Waals surface area contributed by atoms with Crippen LogP contribution in [-0.2, 0) is 4.79 Å². The third kappa shape index (κ3) is 1.42. The molecule has 4 nitrogen and oxygen atoms in total. The van der Waals surface area contributed by atoms with Crippen molar-refractivity contribution in [2.75, 3.05) is 0 Å². The standard InChI is InChI=1S/C8H5N3O/c9-8(11-10)7-4-2-1-3-6(7)5-12/h1-4,9H. The molecule has 0 aliphatic carbocycles. The smallest absolute Gasteiger partial charge is 0.234 e. The van der Waals surface area contributed by atoms with Gasteiger partial charge in [-0.3, -0.25) is 10.2 Å². The highest BCUT2D eigenvalue weighted by Crippen LogP contribution is 2.06. The van der Waals surface area contributed by atoms with Crippen LogP contribution in [0.25, 0.3) is 0 Å². The van der Waals surface area contributed by atoms with Gasteiger partial charge in [0.25, 0.3) is 0 Å². The predicted molar refractivity (Wildman–Crippen MR) is 42.6 cm³/mol. The van der Waals surface area contributed by atoms with Crippen molar-refractivity contribution in [1.82, 2.24) is 5.53 Å². The highest BCUT2D eigenvalue weighted by molar-refractivity contribution is 6.03. The molecule has 0 fully saturated rings. The second kappa shape index (κ2) is 3.52. The van der Waals surface area contributed by atoms with Gasteiger partial charge in [0.2, 0.25) is 6.29 Å². The number of nitrogens with zero attached hydrogens (tertiary/aromatic N) is 2. The molecule has 1 aromatic rings. The number of hydrogen-bond donors (Lipinski definition) is 1. The predicted octanol–water partition coefficient (Wildman–Crippen LogP) is 0.722. The minimum atomic E-state index is -0.339. The highest BCUT2D eigenvalue weighted by atomic mass is 16.1. The maximum atomic E-state index is 10.3. The molecule has 0 saturated heterocycles. The Hall–Kier alpha value is -1.84. The SMILES string of the molecule is [N]=NC(=N)c1ccccc1[C]=O. The van der Waals surface area contributed by atoms with Crippen LogP contribution in [0, 0.1) is 5.41 Å². The van der Waals surface area contributed by atoms with E-state index in [1.165, 1.54) is 12.1 Å². The van der Waals surface area contributed by atoms with Gasteiger partial charge in [-0.1, -0.05) is 24.3 Å². The Morgan fingerprint density at radius 3 is 2.75 bits per heavy atom. The second-order valence-corrected chi connectivity index (χ2v) is 2.10. The van der Waals surface area contributed by atoms with Gasteiger partial charge in [-0.25, -0.2) is 0 Å². The molecule has 0 aromatic heterocycles. The molecule has 0 unspecified atom stereocenters. The number of amidine groups is 1. The van der Waals surface area contributed by atoms with Crippen LogP contribution in [0.5, 0.6) is 0 Å². The number of nitrogens with one attached hydrogen (secondary N) is 1. The quantitative estimate of drug-likeness (QED) is 0.385. The Kier molecular flexibility index (Phi) is 2.42. The second-order valence-electron chi connectivity index (χ2n) is 2.10. The van der Waals surface area contributed by atoms with Crippen molar-refractivity contribution >= 4 is 12.1 Å². The summed E-state index contributed by atoms with van der Waals surface area (Å²) in [6.07, 6.45) is 1.65. The third-order valence-electron chi connectivity index (χ3n) is 1.39. The van der Waals surface area contributed by atoms with Gasteiger partial charge >= 0.3 is 0 Å². The van der Waals surface area contributed by atoms with Gasteiger partial charge in [-0.05, 0) is 5.53 Å². The molecule has 1 N–H and O–H groups in total. The van der Waals surface area contributed by atoms with Crippen LogP contribution < -0.4 is 5.53 Å². The Morgan fingerprint density at radius 1 is 1.50 bits per heavy atom. The summed E-state index contributed by atoms with van der Waals surface area (Å²) in [5.74, 6) is -0.339. The van der Waals surface area contributed by atoms with Crippen molar-refractivity contribution in [2.24, 2.45) is 5.11 Å². The molecule has 4 heteroatoms. The number of rotatable bonds is 2. The molecule has 0 saturated carbocycles. The molecule has 0 bridgehead atoms. The Bertz CT molecular complexity index is 333. The summed E-state index contributed by atoms with van der Waals surface area (Å²) in [5.41, 5.74) is 8.77. The van der Waals surface area contributed by atoms with Crippen molar-refractivity contribution in [3.8, 4) is 0 Å². The number of benzene rings is 1. The first-order valence-corrected chi connectivity index (χ1v) is 3.21. The molecule has 0 aliphatic heterocycles. The fourth-order valence-corrected chi connectivity index (χ4v) is 0.832. The van der Waals surface area contributed by atoms with Gasteiger partial charge < -0.3 is 0 Å². The van der Waals surface area contributed by atoms with E-state index < -0.39 is 0 Å². The number of hydrogen-bond acceptors (Lipinski definition) is 2. The van der Waals surface area contributed by atoms with Crippen molar-refractivity contribution in [1.29, 1.82) is 5.41 Å². The highest BCUT2D eigenvalue weighted by Gasteiger charge is 2.05. The van der Waals surface area contributed by atoms with E-state index in [-0.39, 0.29) is 17.0 Å². The Labute approximate surface area is 69.2 Å². The topological polar surface area (TPSA) is 75.6 Å². The molecule has 1 aromatic carbocycles. The molecule has 1 rings (SSSR count). The minimum Gasteiger partial charge on any atom is -0.285 e. The van der Waals surface area contributed by atoms with Crippen molar-refractivity contribution < 1.29 is 4.79 Å². The summed E-state index contributed by atoms with van der Waals surface area (Å²) in [4.78, 5) is 10.3. The molecule has 0 amide bonds. The first kappa shape index (κ1) is 8.26. The van der Waals surface area contributed by atoms with Crippen LogP contribution in [0.1, 0.15) is 11.1 Å². The van der Waals surface area contributed by atoms with Crippen LogP contribution in [0.3, 0.4) is 0 Å². The van der Waals surface area contributed by atoms with E-state index in [1.807, 2.05) is 0 Å². The average Bonchev–Trinajstić information content (AvgIpc) is 2.16. The molecule has 0 atom stereocenters. The van der Waals surface area contributed by atoms with Crippen LogP contribution in [-0.4, -0.2) is 12.1 Å². The zero-order valence-electron chi connectivity index (χ0n) is 6.11. The van der Waals surface area contributed by atoms with Crippen LogP contribution >= 0.6 is 0 Å². The lowest BCUT2D eigenvalue weighted by molar-refractivity contribution is 0.562. The van der Waals surface area contributed by atoms with Gasteiger partial charge in [0, 0.05) is 11.1 Å². The van der Waals surface area contributed by atoms with Gasteiger partial charge in [0.15, 0.2) is 5.84 Å². The van der Waals surface area contributed by atoms with Crippen LogP contribution in [0.4, 0.5) is 0 Å². The molecule has 0 heterocycles. The largest absolute Gasteiger partial charge is 0.285 e. The van der Waals surface area contributed by atoms with Gasteiger partial charge in [0.1, 0.15) is 0 Å². The van der Waals surface area contributed by atoms with Gasteiger partial charge in [-0.15, -0.1) is 5.11 Å². The fourth-order valence-electron chi connectivity index (χ4n) is 0.832. The molecule has 12 heavy (non-hydrogen) atoms. The van der Waals surface area contributed by atoms with E-state index in [0.717, 1.165) is 0 Å². The lowest BCUT2D eigenvalue weighted by Crippen LogP contribution is -1.99. The van der Waals surface area contributed by atoms with E-state index >= 15 is 0 Å². The minimum absolute atomic E-state index is 0.223. The normalized spacial score (nSPS) is 9.00. The van der Waals surface area contributed by atoms with Crippen LogP contribution in [0.2, 0.25) is 0 Å². The fraction of sp³-hybridized carbons (Fsp3) is 0. The Morgan fingerprint density at radius 2 is 2.17 bits per heavy atom.